The molecule has 14 heavy (non-hydrogen) atoms. The molecule has 1 rings (SSSR count). The van der Waals surface area contributed by atoms with Crippen molar-refractivity contribution in [3.8, 4) is 0 Å². The van der Waals surface area contributed by atoms with E-state index in [4.69, 9.17) is 5.11 Å². The second kappa shape index (κ2) is 3.77. The summed E-state index contributed by atoms with van der Waals surface area (Å²) >= 11 is 0. The van der Waals surface area contributed by atoms with Gasteiger partial charge in [0.15, 0.2) is 6.10 Å². The molecule has 0 amide bonds. The van der Waals surface area contributed by atoms with Crippen LogP contribution in [-0.4, -0.2) is 27.4 Å². The molecule has 2 atom stereocenters. The van der Waals surface area contributed by atoms with Gasteiger partial charge in [-0.05, 0) is 12.5 Å². The van der Waals surface area contributed by atoms with Crippen molar-refractivity contribution >= 4 is 5.97 Å². The lowest BCUT2D eigenvalue weighted by atomic mass is 9.90. The SMILES string of the molecule is C[C@@](O)(c1ccccc1)[C@H](O)C(=O)O. The van der Waals surface area contributed by atoms with Crippen molar-refractivity contribution in [1.82, 2.24) is 0 Å². The molecule has 4 heteroatoms. The summed E-state index contributed by atoms with van der Waals surface area (Å²) in [5.74, 6) is -1.45. The zero-order chi connectivity index (χ0) is 10.8. The van der Waals surface area contributed by atoms with Gasteiger partial charge in [-0.25, -0.2) is 4.79 Å². The molecular formula is C10H12O4. The number of carboxylic acid groups (broad SMARTS) is 1. The highest BCUT2D eigenvalue weighted by molar-refractivity contribution is 5.74. The van der Waals surface area contributed by atoms with Gasteiger partial charge in [-0.3, -0.25) is 0 Å². The summed E-state index contributed by atoms with van der Waals surface area (Å²) < 4.78 is 0. The number of hydrogen-bond donors (Lipinski definition) is 3. The van der Waals surface area contributed by atoms with Gasteiger partial charge in [-0.15, -0.1) is 0 Å². The predicted octanol–water partition coefficient (Wildman–Crippen LogP) is 0.340. The second-order valence-corrected chi connectivity index (χ2v) is 3.25. The number of rotatable bonds is 3. The second-order valence-electron chi connectivity index (χ2n) is 3.25. The monoisotopic (exact) mass is 196 g/mol. The van der Waals surface area contributed by atoms with E-state index in [1.165, 1.54) is 6.92 Å². The van der Waals surface area contributed by atoms with Gasteiger partial charge >= 0.3 is 5.97 Å². The Hall–Kier alpha value is -1.39. The van der Waals surface area contributed by atoms with Gasteiger partial charge < -0.3 is 15.3 Å². The van der Waals surface area contributed by atoms with Crippen LogP contribution in [0.25, 0.3) is 0 Å². The van der Waals surface area contributed by atoms with Gasteiger partial charge in [0, 0.05) is 0 Å². The molecule has 76 valence electrons. The summed E-state index contributed by atoms with van der Waals surface area (Å²) in [5, 5.41) is 27.6. The summed E-state index contributed by atoms with van der Waals surface area (Å²) in [6.07, 6.45) is -1.83. The van der Waals surface area contributed by atoms with Crippen LogP contribution in [0.2, 0.25) is 0 Å². The molecule has 1 aromatic rings. The smallest absolute Gasteiger partial charge is 0.335 e. The minimum atomic E-state index is -1.83. The molecule has 0 saturated heterocycles. The first-order valence-corrected chi connectivity index (χ1v) is 4.15. The molecule has 0 aliphatic heterocycles. The van der Waals surface area contributed by atoms with E-state index in [0.717, 1.165) is 0 Å². The van der Waals surface area contributed by atoms with Gasteiger partial charge in [0.25, 0.3) is 0 Å². The van der Waals surface area contributed by atoms with Crippen LogP contribution in [0.15, 0.2) is 30.3 Å². The molecule has 0 bridgehead atoms. The third-order valence-corrected chi connectivity index (χ3v) is 2.12. The van der Waals surface area contributed by atoms with Crippen LogP contribution in [0.4, 0.5) is 0 Å². The molecule has 3 N–H and O–H groups in total. The Morgan fingerprint density at radius 2 is 1.86 bits per heavy atom. The minimum Gasteiger partial charge on any atom is -0.479 e. The largest absolute Gasteiger partial charge is 0.479 e. The van der Waals surface area contributed by atoms with Crippen molar-refractivity contribution in [3.05, 3.63) is 35.9 Å². The van der Waals surface area contributed by atoms with Crippen molar-refractivity contribution in [2.24, 2.45) is 0 Å². The Morgan fingerprint density at radius 1 is 1.36 bits per heavy atom. The molecule has 0 heterocycles. The van der Waals surface area contributed by atoms with Crippen molar-refractivity contribution in [3.63, 3.8) is 0 Å². The number of carboxylic acids is 1. The highest BCUT2D eigenvalue weighted by atomic mass is 16.4. The topological polar surface area (TPSA) is 77.8 Å². The van der Waals surface area contributed by atoms with E-state index in [1.54, 1.807) is 30.3 Å². The zero-order valence-corrected chi connectivity index (χ0v) is 7.71. The molecular weight excluding hydrogens is 184 g/mol. The maximum atomic E-state index is 10.5. The standard InChI is InChI=1S/C10H12O4/c1-10(14,8(11)9(12)13)7-5-3-2-4-6-7/h2-6,8,11,14H,1H3,(H,12,13)/t8-,10-/m1/s1. The number of benzene rings is 1. The van der Waals surface area contributed by atoms with Crippen LogP contribution in [0.3, 0.4) is 0 Å². The first-order chi connectivity index (χ1) is 6.46. The van der Waals surface area contributed by atoms with E-state index < -0.39 is 17.7 Å². The average Bonchev–Trinajstić information content (AvgIpc) is 2.18. The van der Waals surface area contributed by atoms with Crippen molar-refractivity contribution in [2.75, 3.05) is 0 Å². The van der Waals surface area contributed by atoms with Crippen molar-refractivity contribution < 1.29 is 20.1 Å². The van der Waals surface area contributed by atoms with Crippen molar-refractivity contribution in [2.45, 2.75) is 18.6 Å². The van der Waals surface area contributed by atoms with Gasteiger partial charge in [-0.2, -0.15) is 0 Å². The van der Waals surface area contributed by atoms with Crippen molar-refractivity contribution in [1.29, 1.82) is 0 Å². The quantitative estimate of drug-likeness (QED) is 0.651. The van der Waals surface area contributed by atoms with Gasteiger partial charge in [-0.1, -0.05) is 30.3 Å². The molecule has 4 nitrogen and oxygen atoms in total. The highest BCUT2D eigenvalue weighted by Crippen LogP contribution is 2.24. The Kier molecular flexibility index (Phi) is 2.88. The lowest BCUT2D eigenvalue weighted by Gasteiger charge is -2.26. The zero-order valence-electron chi connectivity index (χ0n) is 7.71. The number of aliphatic hydroxyl groups is 2. The predicted molar refractivity (Wildman–Crippen MR) is 49.7 cm³/mol. The van der Waals surface area contributed by atoms with E-state index in [-0.39, 0.29) is 0 Å². The fraction of sp³-hybridized carbons (Fsp3) is 0.300. The lowest BCUT2D eigenvalue weighted by molar-refractivity contribution is -0.162. The van der Waals surface area contributed by atoms with Crippen LogP contribution < -0.4 is 0 Å². The molecule has 0 spiro atoms. The van der Waals surface area contributed by atoms with Gasteiger partial charge in [0.1, 0.15) is 5.60 Å². The Labute approximate surface area is 81.4 Å². The summed E-state index contributed by atoms with van der Waals surface area (Å²) in [5.41, 5.74) is -1.40. The fourth-order valence-electron chi connectivity index (χ4n) is 1.17. The fourth-order valence-corrected chi connectivity index (χ4v) is 1.17. The maximum absolute atomic E-state index is 10.5. The summed E-state index contributed by atoms with van der Waals surface area (Å²) in [4.78, 5) is 10.5. The molecule has 0 aliphatic rings. The van der Waals surface area contributed by atoms with Crippen LogP contribution in [0, 0.1) is 0 Å². The van der Waals surface area contributed by atoms with E-state index in [2.05, 4.69) is 0 Å². The van der Waals surface area contributed by atoms with Gasteiger partial charge in [0.2, 0.25) is 0 Å². The van der Waals surface area contributed by atoms with Crippen LogP contribution in [0.1, 0.15) is 12.5 Å². The van der Waals surface area contributed by atoms with E-state index >= 15 is 0 Å². The Balaban J connectivity index is 3.02. The lowest BCUT2D eigenvalue weighted by Crippen LogP contribution is -2.42. The third kappa shape index (κ3) is 1.92. The molecule has 1 aromatic carbocycles. The summed E-state index contributed by atoms with van der Waals surface area (Å²) in [6, 6.07) is 8.20. The number of aliphatic carboxylic acids is 1. The Morgan fingerprint density at radius 3 is 2.29 bits per heavy atom. The average molecular weight is 196 g/mol. The highest BCUT2D eigenvalue weighted by Gasteiger charge is 2.37. The van der Waals surface area contributed by atoms with Crippen LogP contribution in [0.5, 0.6) is 0 Å². The van der Waals surface area contributed by atoms with E-state index in [0.29, 0.717) is 5.56 Å². The summed E-state index contributed by atoms with van der Waals surface area (Å²) in [7, 11) is 0. The normalized spacial score (nSPS) is 17.1. The Bertz CT molecular complexity index is 318. The molecule has 0 aromatic heterocycles. The third-order valence-electron chi connectivity index (χ3n) is 2.12. The van der Waals surface area contributed by atoms with E-state index in [1.807, 2.05) is 0 Å². The van der Waals surface area contributed by atoms with E-state index in [9.17, 15) is 15.0 Å². The summed E-state index contributed by atoms with van der Waals surface area (Å²) in [6.45, 7) is 1.27. The number of aliphatic hydroxyl groups excluding tert-OH is 1. The molecule has 0 aliphatic carbocycles. The van der Waals surface area contributed by atoms with Crippen LogP contribution in [-0.2, 0) is 10.4 Å². The first-order valence-electron chi connectivity index (χ1n) is 4.15. The maximum Gasteiger partial charge on any atom is 0.335 e. The number of carbonyl (C=O) groups is 1. The first kappa shape index (κ1) is 10.7. The minimum absolute atomic E-state index is 0.370. The molecule has 0 unspecified atom stereocenters. The number of hydrogen-bond acceptors (Lipinski definition) is 3. The van der Waals surface area contributed by atoms with Crippen LogP contribution >= 0.6 is 0 Å². The molecule has 0 saturated carbocycles. The molecule has 0 fully saturated rings. The molecule has 0 radical (unpaired) electrons. The van der Waals surface area contributed by atoms with Gasteiger partial charge in [0.05, 0.1) is 0 Å².